The third-order valence-corrected chi connectivity index (χ3v) is 12.6. The molecular weight excluding hydrogens is 855 g/mol. The number of carbonyl (C=O) groups is 5. The predicted octanol–water partition coefficient (Wildman–Crippen LogP) is 11.9. The molecule has 0 aromatic carbocycles. The lowest BCUT2D eigenvalue weighted by molar-refractivity contribution is -0.137. The number of likely N-dealkylation sites (tertiary alicyclic amines) is 3. The van der Waals surface area contributed by atoms with E-state index in [4.69, 9.17) is 5.11 Å². The Kier molecular flexibility index (Phi) is 37.1. The highest BCUT2D eigenvalue weighted by atomic mass is 16.4. The van der Waals surface area contributed by atoms with E-state index in [1.807, 2.05) is 57.2 Å². The maximum Gasteiger partial charge on any atom is 0.303 e. The first-order chi connectivity index (χ1) is 32.9. The second-order valence-electron chi connectivity index (χ2n) is 18.6. The monoisotopic (exact) mass is 950 g/mol. The Labute approximate surface area is 413 Å². The van der Waals surface area contributed by atoms with E-state index in [-0.39, 0.29) is 54.2 Å². The molecule has 0 radical (unpaired) electrons. The minimum absolute atomic E-state index is 0.0574. The van der Waals surface area contributed by atoms with E-state index in [0.717, 1.165) is 89.9 Å². The third kappa shape index (κ3) is 29.7. The van der Waals surface area contributed by atoms with Gasteiger partial charge in [-0.3, -0.25) is 24.0 Å². The maximum atomic E-state index is 12.0. The Morgan fingerprint density at radius 2 is 0.868 bits per heavy atom. The van der Waals surface area contributed by atoms with Gasteiger partial charge in [-0.25, -0.2) is 0 Å². The number of carboxylic acids is 1. The quantitative estimate of drug-likeness (QED) is 0.0327. The molecule has 0 aromatic heterocycles. The van der Waals surface area contributed by atoms with E-state index < -0.39 is 12.1 Å². The smallest absolute Gasteiger partial charge is 0.303 e. The van der Waals surface area contributed by atoms with Gasteiger partial charge < -0.3 is 30.0 Å². The van der Waals surface area contributed by atoms with Crippen LogP contribution in [0.5, 0.6) is 0 Å². The fourth-order valence-corrected chi connectivity index (χ4v) is 8.28. The summed E-state index contributed by atoms with van der Waals surface area (Å²) in [7, 11) is 0. The van der Waals surface area contributed by atoms with Crippen molar-refractivity contribution in [1.29, 1.82) is 0 Å². The number of ketones is 1. The van der Waals surface area contributed by atoms with E-state index >= 15 is 0 Å². The van der Waals surface area contributed by atoms with Crippen molar-refractivity contribution < 1.29 is 39.3 Å². The topological polar surface area (TPSA) is 156 Å². The van der Waals surface area contributed by atoms with Crippen LogP contribution in [0.1, 0.15) is 208 Å². The molecule has 0 saturated carbocycles. The van der Waals surface area contributed by atoms with Crippen LogP contribution in [0.3, 0.4) is 0 Å². The van der Waals surface area contributed by atoms with Gasteiger partial charge in [-0.05, 0) is 70.3 Å². The van der Waals surface area contributed by atoms with E-state index in [1.165, 1.54) is 38.5 Å². The first-order valence-corrected chi connectivity index (χ1v) is 26.9. The van der Waals surface area contributed by atoms with Crippen LogP contribution < -0.4 is 0 Å². The van der Waals surface area contributed by atoms with Crippen LogP contribution in [0, 0.1) is 0 Å². The fourth-order valence-electron chi connectivity index (χ4n) is 8.28. The Morgan fingerprint density at radius 3 is 1.25 bits per heavy atom. The minimum atomic E-state index is -0.777. The number of allylic oxidation sites excluding steroid dienone is 4. The van der Waals surface area contributed by atoms with Gasteiger partial charge in [0.15, 0.2) is 5.78 Å². The number of carbonyl (C=O) groups excluding carboxylic acids is 4. The number of carboxylic acid groups (broad SMARTS) is 1. The average Bonchev–Trinajstić information content (AvgIpc) is 3.99. The number of hydrogen-bond acceptors (Lipinski definition) is 7. The summed E-state index contributed by atoms with van der Waals surface area (Å²) in [5, 5.41) is 28.5. The minimum Gasteiger partial charge on any atom is -0.481 e. The Hall–Kier alpha value is -4.09. The maximum absolute atomic E-state index is 12.0. The number of aliphatic hydroxyl groups excluding tert-OH is 2. The molecule has 3 aliphatic heterocycles. The van der Waals surface area contributed by atoms with Crippen LogP contribution in [0.15, 0.2) is 72.9 Å². The normalized spacial score (nSPS) is 19.7. The molecule has 5 unspecified atom stereocenters. The van der Waals surface area contributed by atoms with Crippen molar-refractivity contribution in [1.82, 2.24) is 14.7 Å². The SMILES string of the molecule is CCCCC=CCN1C(=O)CCC1/C=C/C(=O)CCCCC.CCCCC=CCN1C(=O)CCC1/C=C/C(O)CCCCC.CCCCCC(O)/C=C/C1CCC(=O)N1CC=CCCCC(=O)O. The van der Waals surface area contributed by atoms with Crippen LogP contribution >= 0.6 is 0 Å². The number of unbranched alkanes of at least 4 members (excludes halogenated alkanes) is 11. The molecule has 3 aliphatic rings. The molecule has 0 spiro atoms. The highest BCUT2D eigenvalue weighted by Crippen LogP contribution is 2.23. The molecular formula is C57H95N3O8. The highest BCUT2D eigenvalue weighted by molar-refractivity contribution is 5.90. The molecule has 0 bridgehead atoms. The average molecular weight is 950 g/mol. The second kappa shape index (κ2) is 40.8. The van der Waals surface area contributed by atoms with Crippen molar-refractivity contribution in [3.8, 4) is 0 Å². The lowest BCUT2D eigenvalue weighted by Crippen LogP contribution is -2.32. The van der Waals surface area contributed by atoms with Gasteiger partial charge in [0, 0.05) is 51.7 Å². The number of nitrogens with zero attached hydrogens (tertiary/aromatic N) is 3. The standard InChI is InChI=1S/C19H31NO4.C19H33NO2.C19H31NO2/c1-2-3-6-9-17(21)13-11-16-12-14-18(22)20(16)15-8-5-4-7-10-19(23)24;2*1-3-5-7-8-10-16-20-17(13-15-19(20)22)12-14-18(21)11-9-6-4-2/h5,8,11,13,16-17,21H,2-4,6-7,9-10,12,14-15H2,1H3,(H,23,24);8,10,12,14,17-18,21H,3-7,9,11,13,15-16H2,1-2H3;8,10,12,14,17H,3-7,9,11,13,15-16H2,1-2H3/b8-5?,13-11+;2*10-8?,14-12+. The zero-order valence-electron chi connectivity index (χ0n) is 43.3. The van der Waals surface area contributed by atoms with Gasteiger partial charge in [0.25, 0.3) is 0 Å². The summed E-state index contributed by atoms with van der Waals surface area (Å²) < 4.78 is 0. The van der Waals surface area contributed by atoms with E-state index in [9.17, 15) is 34.2 Å². The molecule has 3 rings (SSSR count). The number of rotatable bonds is 34. The van der Waals surface area contributed by atoms with Crippen LogP contribution in [-0.2, 0) is 24.0 Å². The van der Waals surface area contributed by atoms with Crippen molar-refractivity contribution in [2.75, 3.05) is 19.6 Å². The van der Waals surface area contributed by atoms with Crippen LogP contribution in [0.2, 0.25) is 0 Å². The fraction of sp³-hybridized carbons (Fsp3) is 0.702. The third-order valence-electron chi connectivity index (χ3n) is 12.6. The summed E-state index contributed by atoms with van der Waals surface area (Å²) in [6.07, 6.45) is 47.8. The van der Waals surface area contributed by atoms with E-state index in [1.54, 1.807) is 6.08 Å². The van der Waals surface area contributed by atoms with Crippen molar-refractivity contribution in [2.45, 2.75) is 238 Å². The zero-order chi connectivity index (χ0) is 50.2. The summed E-state index contributed by atoms with van der Waals surface area (Å²) in [5.41, 5.74) is 0. The van der Waals surface area contributed by atoms with Crippen molar-refractivity contribution in [2.24, 2.45) is 0 Å². The lowest BCUT2D eigenvalue weighted by atomic mass is 10.1. The summed E-state index contributed by atoms with van der Waals surface area (Å²) in [4.78, 5) is 63.7. The van der Waals surface area contributed by atoms with Gasteiger partial charge in [0.2, 0.25) is 17.7 Å². The highest BCUT2D eigenvalue weighted by Gasteiger charge is 2.30. The van der Waals surface area contributed by atoms with Gasteiger partial charge in [-0.2, -0.15) is 0 Å². The van der Waals surface area contributed by atoms with Gasteiger partial charge in [0.05, 0.1) is 30.3 Å². The molecule has 68 heavy (non-hydrogen) atoms. The Morgan fingerprint density at radius 1 is 0.500 bits per heavy atom. The summed E-state index contributed by atoms with van der Waals surface area (Å²) in [6, 6.07) is 0.310. The predicted molar refractivity (Wildman–Crippen MR) is 279 cm³/mol. The van der Waals surface area contributed by atoms with Crippen molar-refractivity contribution in [3.63, 3.8) is 0 Å². The molecule has 0 aromatic rings. The van der Waals surface area contributed by atoms with E-state index in [0.29, 0.717) is 58.2 Å². The first kappa shape index (κ1) is 61.9. The molecule has 3 amide bonds. The number of amides is 3. The molecule has 3 heterocycles. The second-order valence-corrected chi connectivity index (χ2v) is 18.6. The van der Waals surface area contributed by atoms with Gasteiger partial charge >= 0.3 is 5.97 Å². The summed E-state index contributed by atoms with van der Waals surface area (Å²) >= 11 is 0. The molecule has 3 saturated heterocycles. The van der Waals surface area contributed by atoms with Gasteiger partial charge in [0.1, 0.15) is 0 Å². The Bertz CT molecular complexity index is 1570. The molecule has 11 nitrogen and oxygen atoms in total. The number of aliphatic carboxylic acids is 1. The largest absolute Gasteiger partial charge is 0.481 e. The van der Waals surface area contributed by atoms with Crippen molar-refractivity contribution in [3.05, 3.63) is 72.9 Å². The molecule has 3 fully saturated rings. The molecule has 11 heteroatoms. The number of hydrogen-bond donors (Lipinski definition) is 3. The molecule has 0 aliphatic carbocycles. The van der Waals surface area contributed by atoms with Crippen LogP contribution in [-0.4, -0.2) is 109 Å². The molecule has 5 atom stereocenters. The van der Waals surface area contributed by atoms with Crippen molar-refractivity contribution >= 4 is 29.5 Å². The lowest BCUT2D eigenvalue weighted by Gasteiger charge is -2.21. The molecule has 3 N–H and O–H groups in total. The van der Waals surface area contributed by atoms with Crippen LogP contribution in [0.25, 0.3) is 0 Å². The number of aliphatic hydroxyl groups is 2. The Balaban J connectivity index is 0.000000511. The first-order valence-electron chi connectivity index (χ1n) is 26.9. The molecule has 386 valence electrons. The van der Waals surface area contributed by atoms with Gasteiger partial charge in [-0.15, -0.1) is 0 Å². The zero-order valence-corrected chi connectivity index (χ0v) is 43.3. The van der Waals surface area contributed by atoms with Crippen LogP contribution in [0.4, 0.5) is 0 Å². The van der Waals surface area contributed by atoms with E-state index in [2.05, 4.69) is 58.9 Å². The van der Waals surface area contributed by atoms with Gasteiger partial charge in [-0.1, -0.05) is 179 Å². The summed E-state index contributed by atoms with van der Waals surface area (Å²) in [5.74, 6) is -0.0177. The summed E-state index contributed by atoms with van der Waals surface area (Å²) in [6.45, 7) is 12.7.